The molecule has 3 N–H and O–H groups in total. The number of thiocarbonyl (C=S) groups is 1. The number of fused-ring (bicyclic) bond motifs is 1. The summed E-state index contributed by atoms with van der Waals surface area (Å²) in [5.41, 5.74) is 8.42. The molecule has 0 radical (unpaired) electrons. The molecule has 1 aromatic carbocycles. The zero-order valence-electron chi connectivity index (χ0n) is 11.4. The summed E-state index contributed by atoms with van der Waals surface area (Å²) in [7, 11) is 0. The van der Waals surface area contributed by atoms with Gasteiger partial charge in [-0.1, -0.05) is 30.4 Å². The summed E-state index contributed by atoms with van der Waals surface area (Å²) >= 11 is 6.77. The Kier molecular flexibility index (Phi) is 3.81. The van der Waals surface area contributed by atoms with E-state index in [1.54, 1.807) is 23.7 Å². The van der Waals surface area contributed by atoms with E-state index in [2.05, 4.69) is 22.2 Å². The summed E-state index contributed by atoms with van der Waals surface area (Å²) in [6.07, 6.45) is 3.53. The Labute approximate surface area is 132 Å². The van der Waals surface area contributed by atoms with Gasteiger partial charge >= 0.3 is 0 Å². The highest BCUT2D eigenvalue weighted by Crippen LogP contribution is 2.30. The number of benzene rings is 1. The molecule has 1 unspecified atom stereocenters. The van der Waals surface area contributed by atoms with Crippen molar-refractivity contribution in [3.05, 3.63) is 52.6 Å². The SMILES string of the molecule is CC(Nc1c(C(N)=S)cnc2ccccc12)c1nccs1. The van der Waals surface area contributed by atoms with Crippen LogP contribution in [0.15, 0.2) is 42.0 Å². The van der Waals surface area contributed by atoms with Crippen LogP contribution in [0.3, 0.4) is 0 Å². The number of pyridine rings is 1. The maximum absolute atomic E-state index is 5.84. The third-order valence-corrected chi connectivity index (χ3v) is 4.40. The minimum absolute atomic E-state index is 0.0731. The van der Waals surface area contributed by atoms with Crippen molar-refractivity contribution in [1.29, 1.82) is 0 Å². The lowest BCUT2D eigenvalue weighted by Crippen LogP contribution is -2.16. The predicted octanol–water partition coefficient (Wildman–Crippen LogP) is 3.50. The van der Waals surface area contributed by atoms with Crippen LogP contribution in [0.4, 0.5) is 5.69 Å². The zero-order valence-corrected chi connectivity index (χ0v) is 13.0. The Morgan fingerprint density at radius 1 is 1.33 bits per heavy atom. The number of hydrogen-bond donors (Lipinski definition) is 2. The Balaban J connectivity index is 2.10. The molecule has 4 nitrogen and oxygen atoms in total. The lowest BCUT2D eigenvalue weighted by atomic mass is 10.1. The summed E-state index contributed by atoms with van der Waals surface area (Å²) < 4.78 is 0. The van der Waals surface area contributed by atoms with Crippen LogP contribution in [-0.4, -0.2) is 15.0 Å². The van der Waals surface area contributed by atoms with Crippen molar-refractivity contribution in [2.24, 2.45) is 5.73 Å². The summed E-state index contributed by atoms with van der Waals surface area (Å²) in [6, 6.07) is 8.00. The van der Waals surface area contributed by atoms with Crippen LogP contribution in [0.2, 0.25) is 0 Å². The summed E-state index contributed by atoms with van der Waals surface area (Å²) in [5, 5.41) is 7.47. The Morgan fingerprint density at radius 2 is 2.14 bits per heavy atom. The fraction of sp³-hybridized carbons (Fsp3) is 0.133. The first-order chi connectivity index (χ1) is 10.2. The number of nitrogens with two attached hydrogens (primary N) is 1. The van der Waals surface area contributed by atoms with Gasteiger partial charge in [0, 0.05) is 23.2 Å². The molecule has 0 aliphatic carbocycles. The van der Waals surface area contributed by atoms with Gasteiger partial charge in [-0.2, -0.15) is 0 Å². The molecule has 0 amide bonds. The highest BCUT2D eigenvalue weighted by atomic mass is 32.1. The van der Waals surface area contributed by atoms with Crippen LogP contribution >= 0.6 is 23.6 Å². The summed E-state index contributed by atoms with van der Waals surface area (Å²) in [4.78, 5) is 9.09. The van der Waals surface area contributed by atoms with Crippen molar-refractivity contribution in [1.82, 2.24) is 9.97 Å². The molecule has 0 saturated heterocycles. The first-order valence-electron chi connectivity index (χ1n) is 6.50. The van der Waals surface area contributed by atoms with Crippen molar-refractivity contribution in [3.8, 4) is 0 Å². The second-order valence-electron chi connectivity index (χ2n) is 4.66. The van der Waals surface area contributed by atoms with E-state index >= 15 is 0 Å². The molecule has 0 aliphatic rings. The van der Waals surface area contributed by atoms with Gasteiger partial charge in [0.1, 0.15) is 10.00 Å². The largest absolute Gasteiger partial charge is 0.389 e. The molecule has 0 fully saturated rings. The van der Waals surface area contributed by atoms with Gasteiger partial charge in [-0.25, -0.2) is 4.98 Å². The monoisotopic (exact) mass is 314 g/mol. The van der Waals surface area contributed by atoms with E-state index in [0.29, 0.717) is 4.99 Å². The highest BCUT2D eigenvalue weighted by Gasteiger charge is 2.15. The van der Waals surface area contributed by atoms with Gasteiger partial charge in [0.05, 0.1) is 22.8 Å². The van der Waals surface area contributed by atoms with Crippen molar-refractivity contribution < 1.29 is 0 Å². The Morgan fingerprint density at radius 3 is 2.86 bits per heavy atom. The zero-order chi connectivity index (χ0) is 14.8. The Bertz CT molecular complexity index is 783. The molecule has 0 aliphatic heterocycles. The van der Waals surface area contributed by atoms with Crippen LogP contribution in [0.25, 0.3) is 10.9 Å². The smallest absolute Gasteiger partial charge is 0.115 e. The molecule has 0 spiro atoms. The van der Waals surface area contributed by atoms with Crippen LogP contribution in [0.1, 0.15) is 23.5 Å². The first-order valence-corrected chi connectivity index (χ1v) is 7.79. The molecule has 0 saturated carbocycles. The van der Waals surface area contributed by atoms with E-state index in [1.165, 1.54) is 0 Å². The molecular weight excluding hydrogens is 300 g/mol. The Hall–Kier alpha value is -2.05. The average molecular weight is 314 g/mol. The quantitative estimate of drug-likeness (QED) is 0.722. The molecule has 2 aromatic heterocycles. The number of anilines is 1. The molecule has 6 heteroatoms. The van der Waals surface area contributed by atoms with Crippen LogP contribution in [0.5, 0.6) is 0 Å². The van der Waals surface area contributed by atoms with E-state index in [1.807, 2.05) is 29.6 Å². The topological polar surface area (TPSA) is 63.8 Å². The molecular formula is C15H14N4S2. The van der Waals surface area contributed by atoms with Gasteiger partial charge < -0.3 is 11.1 Å². The molecule has 1 atom stereocenters. The van der Waals surface area contributed by atoms with Crippen molar-refractivity contribution >= 4 is 45.1 Å². The minimum Gasteiger partial charge on any atom is -0.389 e. The van der Waals surface area contributed by atoms with E-state index in [0.717, 1.165) is 27.2 Å². The maximum atomic E-state index is 5.84. The van der Waals surface area contributed by atoms with Crippen LogP contribution in [-0.2, 0) is 0 Å². The standard InChI is InChI=1S/C15H14N4S2/c1-9(15-17-6-7-21-15)19-13-10-4-2-3-5-12(10)18-8-11(13)14(16)20/h2-9H,1H3,(H2,16,20)(H,18,19). The van der Waals surface area contributed by atoms with Gasteiger partial charge in [0.25, 0.3) is 0 Å². The number of para-hydroxylation sites is 1. The molecule has 106 valence electrons. The number of thiazole rings is 1. The van der Waals surface area contributed by atoms with Gasteiger partial charge in [-0.15, -0.1) is 11.3 Å². The van der Waals surface area contributed by atoms with E-state index in [-0.39, 0.29) is 6.04 Å². The van der Waals surface area contributed by atoms with Gasteiger partial charge in [0.2, 0.25) is 0 Å². The highest BCUT2D eigenvalue weighted by molar-refractivity contribution is 7.80. The molecule has 0 bridgehead atoms. The molecule has 21 heavy (non-hydrogen) atoms. The van der Waals surface area contributed by atoms with E-state index < -0.39 is 0 Å². The number of nitrogens with zero attached hydrogens (tertiary/aromatic N) is 2. The van der Waals surface area contributed by atoms with Crippen molar-refractivity contribution in [3.63, 3.8) is 0 Å². The number of hydrogen-bond acceptors (Lipinski definition) is 5. The van der Waals surface area contributed by atoms with Gasteiger partial charge in [-0.05, 0) is 13.0 Å². The predicted molar refractivity (Wildman–Crippen MR) is 91.8 cm³/mol. The molecule has 3 rings (SSSR count). The second kappa shape index (κ2) is 5.75. The molecule has 3 aromatic rings. The minimum atomic E-state index is 0.0731. The second-order valence-corrected chi connectivity index (χ2v) is 6.03. The summed E-state index contributed by atoms with van der Waals surface area (Å²) in [6.45, 7) is 2.07. The first kappa shape index (κ1) is 13.9. The summed E-state index contributed by atoms with van der Waals surface area (Å²) in [5.74, 6) is 0. The lowest BCUT2D eigenvalue weighted by molar-refractivity contribution is 0.871. The fourth-order valence-electron chi connectivity index (χ4n) is 2.21. The average Bonchev–Trinajstić information content (AvgIpc) is 3.01. The number of rotatable bonds is 4. The number of nitrogens with one attached hydrogen (secondary N) is 1. The van der Waals surface area contributed by atoms with Gasteiger partial charge in [-0.3, -0.25) is 4.98 Å². The normalized spacial score (nSPS) is 12.2. The fourth-order valence-corrected chi connectivity index (χ4v) is 3.01. The third-order valence-electron chi connectivity index (χ3n) is 3.22. The molecule has 2 heterocycles. The van der Waals surface area contributed by atoms with Crippen molar-refractivity contribution in [2.75, 3.05) is 5.32 Å². The van der Waals surface area contributed by atoms with E-state index in [4.69, 9.17) is 18.0 Å². The van der Waals surface area contributed by atoms with Crippen LogP contribution < -0.4 is 11.1 Å². The third kappa shape index (κ3) is 2.72. The maximum Gasteiger partial charge on any atom is 0.115 e. The van der Waals surface area contributed by atoms with Crippen molar-refractivity contribution in [2.45, 2.75) is 13.0 Å². The van der Waals surface area contributed by atoms with Crippen LogP contribution in [0, 0.1) is 0 Å². The number of aromatic nitrogens is 2. The lowest BCUT2D eigenvalue weighted by Gasteiger charge is -2.18. The van der Waals surface area contributed by atoms with Gasteiger partial charge in [0.15, 0.2) is 0 Å². The van der Waals surface area contributed by atoms with E-state index in [9.17, 15) is 0 Å².